The summed E-state index contributed by atoms with van der Waals surface area (Å²) in [7, 11) is -4.14. The van der Waals surface area contributed by atoms with E-state index in [2.05, 4.69) is 20.7 Å². The van der Waals surface area contributed by atoms with E-state index in [0.717, 1.165) is 44.9 Å². The summed E-state index contributed by atoms with van der Waals surface area (Å²) in [4.78, 5) is 30.9. The maximum absolute atomic E-state index is 14.9. The molecule has 204 valence electrons. The average molecular weight is 547 g/mol. The largest absolute Gasteiger partial charge is 0.480 e. The van der Waals surface area contributed by atoms with E-state index in [1.54, 1.807) is 12.1 Å². The van der Waals surface area contributed by atoms with Crippen LogP contribution in [-0.4, -0.2) is 76.2 Å². The zero-order valence-corrected chi connectivity index (χ0v) is 21.5. The quantitative estimate of drug-likeness (QED) is 0.311. The minimum Gasteiger partial charge on any atom is -0.480 e. The molecule has 2 saturated heterocycles. The van der Waals surface area contributed by atoms with Gasteiger partial charge in [0.1, 0.15) is 11.9 Å². The first-order valence-corrected chi connectivity index (χ1v) is 13.9. The molecule has 0 radical (unpaired) electrons. The molecule has 11 nitrogen and oxygen atoms in total. The van der Waals surface area contributed by atoms with Gasteiger partial charge in [0.15, 0.2) is 5.96 Å². The zero-order chi connectivity index (χ0) is 27.1. The van der Waals surface area contributed by atoms with Gasteiger partial charge in [0, 0.05) is 38.4 Å². The molecule has 38 heavy (non-hydrogen) atoms. The van der Waals surface area contributed by atoms with Gasteiger partial charge in [-0.05, 0) is 49.6 Å². The van der Waals surface area contributed by atoms with E-state index in [1.165, 1.54) is 36.4 Å². The van der Waals surface area contributed by atoms with E-state index in [1.807, 2.05) is 4.90 Å². The second kappa shape index (κ2) is 12.2. The van der Waals surface area contributed by atoms with Crippen LogP contribution in [0.2, 0.25) is 0 Å². The monoisotopic (exact) mass is 546 g/mol. The van der Waals surface area contributed by atoms with E-state index in [0.29, 0.717) is 12.2 Å². The number of carbonyl (C=O) groups is 2. The molecule has 5 N–H and O–H groups in total. The maximum atomic E-state index is 14.9. The Morgan fingerprint density at radius 2 is 1.87 bits per heavy atom. The van der Waals surface area contributed by atoms with E-state index >= 15 is 0 Å². The smallest absolute Gasteiger partial charge is 0.323 e. The standard InChI is InChI=1S/C25H31FN6O5S/c26-21-14-18(32-13-4-6-17(16-32)30-25-27-11-5-12-28-25)9-10-20(21)23(33)29-15-22(24(34)35)31-38(36,37)19-7-2-1-3-8-19/h1-3,7-10,14,17,22,31H,4-6,11-13,15-16H2,(H,29,33)(H,34,35)(H2,27,28,30)/t17-,22-/m0/s1. The Labute approximate surface area is 220 Å². The molecular weight excluding hydrogens is 515 g/mol. The Kier molecular flexibility index (Phi) is 8.79. The maximum Gasteiger partial charge on any atom is 0.323 e. The van der Waals surface area contributed by atoms with Crippen molar-refractivity contribution in [1.82, 2.24) is 20.7 Å². The van der Waals surface area contributed by atoms with Crippen molar-refractivity contribution in [1.29, 1.82) is 0 Å². The van der Waals surface area contributed by atoms with E-state index < -0.39 is 40.3 Å². The molecule has 2 atom stereocenters. The molecule has 2 fully saturated rings. The van der Waals surface area contributed by atoms with Crippen LogP contribution in [0.4, 0.5) is 10.1 Å². The van der Waals surface area contributed by atoms with Crippen molar-refractivity contribution in [2.75, 3.05) is 37.6 Å². The van der Waals surface area contributed by atoms with Crippen molar-refractivity contribution in [2.45, 2.75) is 36.2 Å². The number of amides is 1. The highest BCUT2D eigenvalue weighted by molar-refractivity contribution is 7.89. The highest BCUT2D eigenvalue weighted by Gasteiger charge is 2.27. The van der Waals surface area contributed by atoms with Crippen LogP contribution in [0.3, 0.4) is 0 Å². The highest BCUT2D eigenvalue weighted by atomic mass is 32.2. The summed E-state index contributed by atoms with van der Waals surface area (Å²) < 4.78 is 41.9. The number of carbonyl (C=O) groups excluding carboxylic acids is 1. The first kappa shape index (κ1) is 27.3. The van der Waals surface area contributed by atoms with Crippen molar-refractivity contribution in [3.05, 3.63) is 59.9 Å². The number of nitrogens with zero attached hydrogens (tertiary/aromatic N) is 2. The van der Waals surface area contributed by atoms with E-state index in [4.69, 9.17) is 4.99 Å². The summed E-state index contributed by atoms with van der Waals surface area (Å²) in [5.41, 5.74) is 0.348. The summed E-state index contributed by atoms with van der Waals surface area (Å²) in [6.45, 7) is 2.53. The molecule has 0 spiro atoms. The molecule has 0 aliphatic carbocycles. The van der Waals surface area contributed by atoms with Crippen molar-refractivity contribution in [2.24, 2.45) is 4.99 Å². The Hall–Kier alpha value is -3.71. The van der Waals surface area contributed by atoms with Crippen LogP contribution < -0.4 is 25.6 Å². The Bertz CT molecular complexity index is 1280. The van der Waals surface area contributed by atoms with Crippen molar-refractivity contribution >= 4 is 33.5 Å². The fraction of sp³-hybridized carbons (Fsp3) is 0.400. The molecule has 0 saturated carbocycles. The normalized spacial score (nSPS) is 18.6. The summed E-state index contributed by atoms with van der Waals surface area (Å²) in [6, 6.07) is 9.91. The van der Waals surface area contributed by atoms with E-state index in [-0.39, 0.29) is 16.5 Å². The number of carboxylic acids is 1. The Morgan fingerprint density at radius 3 is 2.55 bits per heavy atom. The fourth-order valence-electron chi connectivity index (χ4n) is 4.34. The lowest BCUT2D eigenvalue weighted by atomic mass is 10.0. The zero-order valence-electron chi connectivity index (χ0n) is 20.7. The number of benzene rings is 2. The van der Waals surface area contributed by atoms with Crippen LogP contribution >= 0.6 is 0 Å². The second-order valence-electron chi connectivity index (χ2n) is 9.13. The number of hydrogen-bond acceptors (Lipinski definition) is 6. The van der Waals surface area contributed by atoms with Gasteiger partial charge in [-0.1, -0.05) is 18.2 Å². The lowest BCUT2D eigenvalue weighted by molar-refractivity contribution is -0.138. The van der Waals surface area contributed by atoms with Crippen LogP contribution in [0, 0.1) is 5.82 Å². The van der Waals surface area contributed by atoms with Crippen LogP contribution in [0.25, 0.3) is 0 Å². The third-order valence-corrected chi connectivity index (χ3v) is 7.81. The van der Waals surface area contributed by atoms with E-state index in [9.17, 15) is 27.5 Å². The Morgan fingerprint density at radius 1 is 1.13 bits per heavy atom. The first-order chi connectivity index (χ1) is 18.2. The van der Waals surface area contributed by atoms with Gasteiger partial charge in [0.2, 0.25) is 10.0 Å². The molecular formula is C25H31FN6O5S. The average Bonchev–Trinajstić information content (AvgIpc) is 2.92. The third kappa shape index (κ3) is 6.98. The van der Waals surface area contributed by atoms with Gasteiger partial charge in [0.05, 0.1) is 16.5 Å². The molecule has 13 heteroatoms. The number of guanidine groups is 1. The van der Waals surface area contributed by atoms with Gasteiger partial charge in [0.25, 0.3) is 5.91 Å². The molecule has 2 aromatic rings. The predicted octanol–water partition coefficient (Wildman–Crippen LogP) is 0.895. The molecule has 2 aliphatic heterocycles. The lowest BCUT2D eigenvalue weighted by Gasteiger charge is -2.33. The minimum absolute atomic E-state index is 0.0514. The fourth-order valence-corrected chi connectivity index (χ4v) is 5.55. The van der Waals surface area contributed by atoms with Gasteiger partial charge in [-0.15, -0.1) is 0 Å². The molecule has 2 aromatic carbocycles. The van der Waals surface area contributed by atoms with Gasteiger partial charge in [-0.3, -0.25) is 9.59 Å². The summed E-state index contributed by atoms with van der Waals surface area (Å²) in [5.74, 6) is -2.31. The number of carboxylic acid groups (broad SMARTS) is 1. The predicted molar refractivity (Wildman–Crippen MR) is 140 cm³/mol. The molecule has 0 bridgehead atoms. The van der Waals surface area contributed by atoms with Crippen molar-refractivity contribution < 1.29 is 27.5 Å². The number of nitrogens with one attached hydrogen (secondary N) is 4. The first-order valence-electron chi connectivity index (χ1n) is 12.4. The molecule has 4 rings (SSSR count). The van der Waals surface area contributed by atoms with Gasteiger partial charge >= 0.3 is 5.97 Å². The number of piperidine rings is 1. The molecule has 1 amide bonds. The van der Waals surface area contributed by atoms with Gasteiger partial charge < -0.3 is 26.0 Å². The van der Waals surface area contributed by atoms with Crippen molar-refractivity contribution in [3.63, 3.8) is 0 Å². The summed E-state index contributed by atoms with van der Waals surface area (Å²) >= 11 is 0. The number of hydrogen-bond donors (Lipinski definition) is 5. The molecule has 0 aromatic heterocycles. The summed E-state index contributed by atoms with van der Waals surface area (Å²) in [6.07, 6.45) is 2.85. The number of halogens is 1. The molecule has 2 heterocycles. The number of aliphatic carboxylic acids is 1. The van der Waals surface area contributed by atoms with Gasteiger partial charge in [-0.2, -0.15) is 4.72 Å². The van der Waals surface area contributed by atoms with Crippen LogP contribution in [-0.2, 0) is 14.8 Å². The van der Waals surface area contributed by atoms with Gasteiger partial charge in [-0.25, -0.2) is 17.8 Å². The number of aliphatic imine (C=N–C) groups is 1. The molecule has 0 unspecified atom stereocenters. The van der Waals surface area contributed by atoms with Crippen LogP contribution in [0.1, 0.15) is 29.6 Å². The third-order valence-electron chi connectivity index (χ3n) is 6.32. The number of sulfonamides is 1. The Balaban J connectivity index is 1.37. The number of anilines is 1. The highest BCUT2D eigenvalue weighted by Crippen LogP contribution is 2.24. The van der Waals surface area contributed by atoms with Crippen LogP contribution in [0.5, 0.6) is 0 Å². The molecule has 2 aliphatic rings. The summed E-state index contributed by atoms with van der Waals surface area (Å²) in [5, 5.41) is 18.2. The number of rotatable bonds is 9. The second-order valence-corrected chi connectivity index (χ2v) is 10.8. The van der Waals surface area contributed by atoms with Crippen molar-refractivity contribution in [3.8, 4) is 0 Å². The lowest BCUT2D eigenvalue weighted by Crippen LogP contribution is -2.48. The minimum atomic E-state index is -4.14. The SMILES string of the molecule is O=C(NC[C@H](NS(=O)(=O)c1ccccc1)C(=O)O)c1ccc(N2CCC[C@H](N=C3NCCCN3)C2)cc1F. The van der Waals surface area contributed by atoms with Crippen LogP contribution in [0.15, 0.2) is 58.4 Å². The topological polar surface area (TPSA) is 152 Å².